The molecule has 0 aliphatic heterocycles. The molecule has 0 radical (unpaired) electrons. The summed E-state index contributed by atoms with van der Waals surface area (Å²) in [6.07, 6.45) is 5.01. The minimum absolute atomic E-state index is 0.0887. The zero-order chi connectivity index (χ0) is 13.9. The van der Waals surface area contributed by atoms with Gasteiger partial charge in [-0.05, 0) is 39.4 Å². The zero-order valence-corrected chi connectivity index (χ0v) is 12.8. The molecule has 1 fully saturated rings. The minimum Gasteiger partial charge on any atom is -0.373 e. The van der Waals surface area contributed by atoms with E-state index in [1.807, 2.05) is 7.11 Å². The van der Waals surface area contributed by atoms with Crippen LogP contribution in [0.1, 0.15) is 36.8 Å². The van der Waals surface area contributed by atoms with Crippen molar-refractivity contribution in [2.24, 2.45) is 5.92 Å². The molecule has 2 heteroatoms. The molecule has 1 aliphatic carbocycles. The van der Waals surface area contributed by atoms with E-state index in [1.165, 1.54) is 30.4 Å². The van der Waals surface area contributed by atoms with Crippen molar-refractivity contribution in [3.05, 3.63) is 35.4 Å². The van der Waals surface area contributed by atoms with Gasteiger partial charge in [-0.2, -0.15) is 0 Å². The summed E-state index contributed by atoms with van der Waals surface area (Å²) in [5.41, 5.74) is 2.60. The predicted octanol–water partition coefficient (Wildman–Crippen LogP) is 3.59. The van der Waals surface area contributed by atoms with E-state index in [9.17, 15) is 0 Å². The lowest BCUT2D eigenvalue weighted by atomic mass is 9.71. The van der Waals surface area contributed by atoms with E-state index in [1.54, 1.807) is 0 Å². The summed E-state index contributed by atoms with van der Waals surface area (Å²) in [5.74, 6) is 0.586. The predicted molar refractivity (Wildman–Crippen MR) is 80.4 cm³/mol. The van der Waals surface area contributed by atoms with E-state index in [4.69, 9.17) is 4.74 Å². The maximum absolute atomic E-state index is 6.11. The van der Waals surface area contributed by atoms with Crippen molar-refractivity contribution in [1.82, 2.24) is 4.90 Å². The van der Waals surface area contributed by atoms with Gasteiger partial charge in [0.15, 0.2) is 0 Å². The lowest BCUT2D eigenvalue weighted by molar-refractivity contribution is -0.0952. The Morgan fingerprint density at radius 2 is 2.11 bits per heavy atom. The molecule has 0 spiro atoms. The highest BCUT2D eigenvalue weighted by Gasteiger charge is 2.42. The van der Waals surface area contributed by atoms with Crippen LogP contribution in [0.3, 0.4) is 0 Å². The maximum atomic E-state index is 6.11. The van der Waals surface area contributed by atoms with Crippen LogP contribution in [0.15, 0.2) is 24.3 Å². The molecule has 0 saturated heterocycles. The fourth-order valence-corrected chi connectivity index (χ4v) is 3.57. The van der Waals surface area contributed by atoms with Crippen LogP contribution in [0.4, 0.5) is 0 Å². The van der Waals surface area contributed by atoms with Crippen LogP contribution in [-0.2, 0) is 10.3 Å². The molecular formula is C17H27NO. The molecule has 2 atom stereocenters. The molecule has 1 aliphatic rings. The Bertz CT molecular complexity index is 415. The largest absolute Gasteiger partial charge is 0.373 e. The number of hydrogen-bond donors (Lipinski definition) is 0. The highest BCUT2D eigenvalue weighted by atomic mass is 16.5. The third kappa shape index (κ3) is 3.01. The number of ether oxygens (including phenoxy) is 1. The molecule has 2 nitrogen and oxygen atoms in total. The van der Waals surface area contributed by atoms with E-state index >= 15 is 0 Å². The highest BCUT2D eigenvalue weighted by Crippen LogP contribution is 2.44. The Kier molecular flexibility index (Phi) is 4.64. The van der Waals surface area contributed by atoms with Crippen LogP contribution in [0.5, 0.6) is 0 Å². The lowest BCUT2D eigenvalue weighted by Crippen LogP contribution is -2.44. The van der Waals surface area contributed by atoms with Gasteiger partial charge < -0.3 is 9.64 Å². The fraction of sp³-hybridized carbons (Fsp3) is 0.647. The summed E-state index contributed by atoms with van der Waals surface area (Å²) in [6, 6.07) is 8.87. The van der Waals surface area contributed by atoms with Gasteiger partial charge in [-0.1, -0.05) is 42.7 Å². The summed E-state index contributed by atoms with van der Waals surface area (Å²) in [5, 5.41) is 0. The smallest absolute Gasteiger partial charge is 0.0967 e. The second kappa shape index (κ2) is 6.06. The fourth-order valence-electron chi connectivity index (χ4n) is 3.57. The molecule has 0 amide bonds. The van der Waals surface area contributed by atoms with Crippen molar-refractivity contribution in [2.45, 2.75) is 38.2 Å². The molecular weight excluding hydrogens is 234 g/mol. The van der Waals surface area contributed by atoms with Crippen molar-refractivity contribution in [3.8, 4) is 0 Å². The second-order valence-electron chi connectivity index (χ2n) is 6.17. The van der Waals surface area contributed by atoms with Crippen LogP contribution in [-0.4, -0.2) is 32.6 Å². The molecule has 0 N–H and O–H groups in total. The molecule has 2 rings (SSSR count). The van der Waals surface area contributed by atoms with Gasteiger partial charge in [0.05, 0.1) is 5.60 Å². The Balaban J connectivity index is 2.37. The average molecular weight is 261 g/mol. The topological polar surface area (TPSA) is 12.5 Å². The Labute approximate surface area is 117 Å². The quantitative estimate of drug-likeness (QED) is 0.821. The molecule has 0 aromatic heterocycles. The van der Waals surface area contributed by atoms with Crippen molar-refractivity contribution in [3.63, 3.8) is 0 Å². The van der Waals surface area contributed by atoms with Crippen LogP contribution < -0.4 is 0 Å². The van der Waals surface area contributed by atoms with Gasteiger partial charge in [0, 0.05) is 19.6 Å². The van der Waals surface area contributed by atoms with Gasteiger partial charge in [0.2, 0.25) is 0 Å². The number of hydrogen-bond acceptors (Lipinski definition) is 2. The van der Waals surface area contributed by atoms with Gasteiger partial charge in [-0.25, -0.2) is 0 Å². The van der Waals surface area contributed by atoms with Crippen molar-refractivity contribution < 1.29 is 4.74 Å². The normalized spacial score (nSPS) is 27.7. The van der Waals surface area contributed by atoms with Crippen molar-refractivity contribution in [2.75, 3.05) is 27.7 Å². The first kappa shape index (κ1) is 14.5. The van der Waals surface area contributed by atoms with Gasteiger partial charge in [0.1, 0.15) is 0 Å². The van der Waals surface area contributed by atoms with Gasteiger partial charge in [-0.15, -0.1) is 0 Å². The monoisotopic (exact) mass is 261 g/mol. The van der Waals surface area contributed by atoms with Crippen LogP contribution >= 0.6 is 0 Å². The first-order chi connectivity index (χ1) is 9.08. The first-order valence-corrected chi connectivity index (χ1v) is 7.35. The number of rotatable bonds is 4. The highest BCUT2D eigenvalue weighted by molar-refractivity contribution is 5.29. The van der Waals surface area contributed by atoms with Crippen molar-refractivity contribution in [1.29, 1.82) is 0 Å². The Morgan fingerprint density at radius 3 is 2.74 bits per heavy atom. The van der Waals surface area contributed by atoms with Crippen LogP contribution in [0, 0.1) is 12.8 Å². The summed E-state index contributed by atoms with van der Waals surface area (Å²) in [7, 11) is 6.20. The Morgan fingerprint density at radius 1 is 1.32 bits per heavy atom. The van der Waals surface area contributed by atoms with Crippen LogP contribution in [0.2, 0.25) is 0 Å². The summed E-state index contributed by atoms with van der Waals surface area (Å²) >= 11 is 0. The lowest BCUT2D eigenvalue weighted by Gasteiger charge is -2.44. The Hall–Kier alpha value is -0.860. The van der Waals surface area contributed by atoms with Gasteiger partial charge >= 0.3 is 0 Å². The molecule has 1 saturated carbocycles. The molecule has 1 aromatic carbocycles. The van der Waals surface area contributed by atoms with E-state index in [2.05, 4.69) is 50.2 Å². The first-order valence-electron chi connectivity index (χ1n) is 7.35. The van der Waals surface area contributed by atoms with E-state index in [0.717, 1.165) is 13.0 Å². The number of aryl methyl sites for hydroxylation is 1. The molecule has 0 heterocycles. The molecule has 0 bridgehead atoms. The minimum atomic E-state index is -0.0887. The van der Waals surface area contributed by atoms with Gasteiger partial charge in [0.25, 0.3) is 0 Å². The maximum Gasteiger partial charge on any atom is 0.0967 e. The average Bonchev–Trinajstić information content (AvgIpc) is 2.39. The van der Waals surface area contributed by atoms with E-state index in [-0.39, 0.29) is 5.60 Å². The zero-order valence-electron chi connectivity index (χ0n) is 12.8. The summed E-state index contributed by atoms with van der Waals surface area (Å²) < 4.78 is 6.11. The number of benzene rings is 1. The standard InChI is InChI=1S/C17H27NO/c1-14-8-7-10-15(12-14)17(19-4)11-6-5-9-16(17)13-18(2)3/h7-8,10,12,16H,5-6,9,11,13H2,1-4H3/t16?,17-/m0/s1. The van der Waals surface area contributed by atoms with E-state index in [0.29, 0.717) is 5.92 Å². The molecule has 19 heavy (non-hydrogen) atoms. The van der Waals surface area contributed by atoms with Gasteiger partial charge in [-0.3, -0.25) is 0 Å². The summed E-state index contributed by atoms with van der Waals surface area (Å²) in [6.45, 7) is 3.26. The second-order valence-corrected chi connectivity index (χ2v) is 6.17. The van der Waals surface area contributed by atoms with Crippen molar-refractivity contribution >= 4 is 0 Å². The number of methoxy groups -OCH3 is 1. The third-order valence-electron chi connectivity index (χ3n) is 4.47. The molecule has 106 valence electrons. The SMILES string of the molecule is CO[C@]1(c2cccc(C)c2)CCCCC1CN(C)C. The summed E-state index contributed by atoms with van der Waals surface area (Å²) in [4.78, 5) is 2.29. The van der Waals surface area contributed by atoms with Crippen LogP contribution in [0.25, 0.3) is 0 Å². The number of nitrogens with zero attached hydrogens (tertiary/aromatic N) is 1. The molecule has 1 unspecified atom stereocenters. The third-order valence-corrected chi connectivity index (χ3v) is 4.47. The molecule has 1 aromatic rings. The van der Waals surface area contributed by atoms with E-state index < -0.39 is 0 Å².